The third-order valence-corrected chi connectivity index (χ3v) is 7.21. The van der Waals surface area contributed by atoms with Crippen molar-refractivity contribution in [2.24, 2.45) is 17.8 Å². The molecule has 2 aromatic carbocycles. The van der Waals surface area contributed by atoms with Gasteiger partial charge in [-0.15, -0.1) is 0 Å². The molecule has 1 amide bonds. The van der Waals surface area contributed by atoms with Crippen molar-refractivity contribution < 1.29 is 4.79 Å². The van der Waals surface area contributed by atoms with Crippen molar-refractivity contribution in [1.82, 2.24) is 0 Å². The Morgan fingerprint density at radius 3 is 2.58 bits per heavy atom. The molecule has 2 nitrogen and oxygen atoms in total. The van der Waals surface area contributed by atoms with Crippen molar-refractivity contribution >= 4 is 23.4 Å². The lowest BCUT2D eigenvalue weighted by atomic mass is 9.86. The van der Waals surface area contributed by atoms with E-state index in [0.717, 1.165) is 17.5 Å². The number of nitrogens with one attached hydrogen (secondary N) is 1. The molecule has 0 heterocycles. The molecule has 1 N–H and O–H groups in total. The number of anilines is 1. The molecule has 136 valence electrons. The summed E-state index contributed by atoms with van der Waals surface area (Å²) in [5.41, 5.74) is 3.48. The summed E-state index contributed by atoms with van der Waals surface area (Å²) in [6.07, 6.45) is 6.06. The molecular weight excluding hydrogens is 338 g/mol. The van der Waals surface area contributed by atoms with Gasteiger partial charge < -0.3 is 5.32 Å². The maximum absolute atomic E-state index is 12.4. The zero-order valence-corrected chi connectivity index (χ0v) is 16.4. The van der Waals surface area contributed by atoms with Crippen molar-refractivity contribution in [3.63, 3.8) is 0 Å². The van der Waals surface area contributed by atoms with E-state index in [2.05, 4.69) is 49.5 Å². The fourth-order valence-corrected chi connectivity index (χ4v) is 5.63. The number of benzene rings is 2. The highest BCUT2D eigenvalue weighted by atomic mass is 32.2. The van der Waals surface area contributed by atoms with Gasteiger partial charge in [0.2, 0.25) is 5.91 Å². The van der Waals surface area contributed by atoms with Crippen molar-refractivity contribution in [1.29, 1.82) is 0 Å². The van der Waals surface area contributed by atoms with Gasteiger partial charge in [-0.25, -0.2) is 0 Å². The number of amides is 1. The molecule has 0 aromatic heterocycles. The highest BCUT2D eigenvalue weighted by molar-refractivity contribution is 7.99. The average molecular weight is 366 g/mol. The van der Waals surface area contributed by atoms with Gasteiger partial charge in [-0.3, -0.25) is 4.79 Å². The number of fused-ring (bicyclic) bond motifs is 2. The fourth-order valence-electron chi connectivity index (χ4n) is 4.63. The van der Waals surface area contributed by atoms with Crippen LogP contribution in [0.2, 0.25) is 0 Å². The third-order valence-electron chi connectivity index (χ3n) is 6.04. The van der Waals surface area contributed by atoms with Crippen LogP contribution in [-0.2, 0) is 4.79 Å². The Morgan fingerprint density at radius 1 is 1.08 bits per heavy atom. The fraction of sp³-hybridized carbons (Fsp3) is 0.435. The molecule has 0 aliphatic heterocycles. The first-order valence-electron chi connectivity index (χ1n) is 9.72. The van der Waals surface area contributed by atoms with Gasteiger partial charge >= 0.3 is 0 Å². The van der Waals surface area contributed by atoms with Gasteiger partial charge in [0.1, 0.15) is 0 Å². The van der Waals surface area contributed by atoms with Gasteiger partial charge in [-0.1, -0.05) is 30.3 Å². The van der Waals surface area contributed by atoms with Gasteiger partial charge in [0.15, 0.2) is 0 Å². The number of aryl methyl sites for hydroxylation is 2. The molecule has 3 atom stereocenters. The van der Waals surface area contributed by atoms with E-state index in [1.54, 1.807) is 11.8 Å². The summed E-state index contributed by atoms with van der Waals surface area (Å²) < 4.78 is 0. The van der Waals surface area contributed by atoms with Crippen LogP contribution in [0.4, 0.5) is 5.69 Å². The first-order chi connectivity index (χ1) is 12.6. The maximum Gasteiger partial charge on any atom is 0.224 e. The lowest BCUT2D eigenvalue weighted by molar-refractivity contribution is -0.117. The lowest BCUT2D eigenvalue weighted by Gasteiger charge is -2.20. The second-order valence-corrected chi connectivity index (χ2v) is 9.20. The summed E-state index contributed by atoms with van der Waals surface area (Å²) in [7, 11) is 0. The minimum atomic E-state index is 0.178. The van der Waals surface area contributed by atoms with E-state index in [-0.39, 0.29) is 5.91 Å². The number of carbonyl (C=O) groups excluding carboxylic acids is 1. The highest BCUT2D eigenvalue weighted by Gasteiger charge is 2.40. The first kappa shape index (κ1) is 17.7. The molecule has 2 bridgehead atoms. The SMILES string of the molecule is Cc1ccc(C)c(Sc2ccc(NC(=O)C[C@@H]3C[C@H]4CC[C@@H]3C4)cc2)c1. The number of carbonyl (C=O) groups is 1. The molecule has 0 unspecified atom stereocenters. The normalized spacial score (nSPS) is 24.0. The first-order valence-corrected chi connectivity index (χ1v) is 10.5. The summed E-state index contributed by atoms with van der Waals surface area (Å²) in [5.74, 6) is 2.51. The topological polar surface area (TPSA) is 29.1 Å². The zero-order valence-electron chi connectivity index (χ0n) is 15.6. The Labute approximate surface area is 160 Å². The molecule has 2 aromatic rings. The van der Waals surface area contributed by atoms with Gasteiger partial charge in [-0.05, 0) is 92.3 Å². The minimum Gasteiger partial charge on any atom is -0.326 e. The predicted molar refractivity (Wildman–Crippen MR) is 109 cm³/mol. The number of rotatable bonds is 5. The molecule has 2 aliphatic rings. The van der Waals surface area contributed by atoms with Gasteiger partial charge in [0.25, 0.3) is 0 Å². The Kier molecular flexibility index (Phi) is 5.08. The van der Waals surface area contributed by atoms with E-state index in [4.69, 9.17) is 0 Å². The maximum atomic E-state index is 12.4. The Balaban J connectivity index is 1.34. The molecule has 0 saturated heterocycles. The molecule has 0 radical (unpaired) electrons. The summed E-state index contributed by atoms with van der Waals surface area (Å²) in [6, 6.07) is 14.8. The summed E-state index contributed by atoms with van der Waals surface area (Å²) in [6.45, 7) is 4.27. The van der Waals surface area contributed by atoms with Crippen LogP contribution in [0, 0.1) is 31.6 Å². The number of hydrogen-bond acceptors (Lipinski definition) is 2. The highest BCUT2D eigenvalue weighted by Crippen LogP contribution is 2.49. The van der Waals surface area contributed by atoms with E-state index in [0.29, 0.717) is 12.3 Å². The van der Waals surface area contributed by atoms with Crippen LogP contribution < -0.4 is 5.32 Å². The molecular formula is C23H27NOS. The van der Waals surface area contributed by atoms with Crippen molar-refractivity contribution in [3.8, 4) is 0 Å². The van der Waals surface area contributed by atoms with Gasteiger partial charge in [0, 0.05) is 21.9 Å². The summed E-state index contributed by atoms with van der Waals surface area (Å²) >= 11 is 1.78. The second kappa shape index (κ2) is 7.48. The van der Waals surface area contributed by atoms with E-state index < -0.39 is 0 Å². The third kappa shape index (κ3) is 3.98. The molecule has 4 rings (SSSR count). The molecule has 3 heteroatoms. The molecule has 2 saturated carbocycles. The quantitative estimate of drug-likeness (QED) is 0.681. The van der Waals surface area contributed by atoms with Crippen LogP contribution >= 0.6 is 11.8 Å². The van der Waals surface area contributed by atoms with Crippen LogP contribution in [0.3, 0.4) is 0 Å². The Hall–Kier alpha value is -1.74. The monoisotopic (exact) mass is 365 g/mol. The summed E-state index contributed by atoms with van der Waals surface area (Å²) in [4.78, 5) is 14.9. The standard InChI is InChI=1S/C23H27NOS/c1-15-3-4-16(2)22(11-15)26-21-9-7-20(8-10-21)24-23(25)14-19-13-17-5-6-18(19)12-17/h3-4,7-11,17-19H,5-6,12-14H2,1-2H3,(H,24,25)/t17-,18+,19-/m0/s1. The van der Waals surface area contributed by atoms with Crippen LogP contribution in [-0.4, -0.2) is 5.91 Å². The molecule has 0 spiro atoms. The Bertz CT molecular complexity index is 798. The van der Waals surface area contributed by atoms with Crippen LogP contribution in [0.15, 0.2) is 52.3 Å². The van der Waals surface area contributed by atoms with Crippen molar-refractivity contribution in [2.75, 3.05) is 5.32 Å². The van der Waals surface area contributed by atoms with Crippen LogP contribution in [0.25, 0.3) is 0 Å². The smallest absolute Gasteiger partial charge is 0.224 e. The molecule has 2 aliphatic carbocycles. The van der Waals surface area contributed by atoms with E-state index in [1.165, 1.54) is 46.6 Å². The minimum absolute atomic E-state index is 0.178. The van der Waals surface area contributed by atoms with Crippen molar-refractivity contribution in [3.05, 3.63) is 53.6 Å². The molecule has 2 fully saturated rings. The second-order valence-electron chi connectivity index (χ2n) is 8.08. The summed E-state index contributed by atoms with van der Waals surface area (Å²) in [5, 5.41) is 3.09. The van der Waals surface area contributed by atoms with E-state index in [1.807, 2.05) is 12.1 Å². The average Bonchev–Trinajstić information content (AvgIpc) is 3.23. The largest absolute Gasteiger partial charge is 0.326 e. The van der Waals surface area contributed by atoms with Gasteiger partial charge in [0.05, 0.1) is 0 Å². The zero-order chi connectivity index (χ0) is 18.1. The Morgan fingerprint density at radius 2 is 1.88 bits per heavy atom. The predicted octanol–water partition coefficient (Wildman–Crippen LogP) is 6.22. The van der Waals surface area contributed by atoms with E-state index in [9.17, 15) is 4.79 Å². The van der Waals surface area contributed by atoms with Gasteiger partial charge in [-0.2, -0.15) is 0 Å². The molecule has 26 heavy (non-hydrogen) atoms. The lowest BCUT2D eigenvalue weighted by Crippen LogP contribution is -2.20. The van der Waals surface area contributed by atoms with Crippen molar-refractivity contribution in [2.45, 2.75) is 55.7 Å². The van der Waals surface area contributed by atoms with E-state index >= 15 is 0 Å². The number of hydrogen-bond donors (Lipinski definition) is 1. The van der Waals surface area contributed by atoms with Crippen LogP contribution in [0.5, 0.6) is 0 Å². The van der Waals surface area contributed by atoms with Crippen LogP contribution in [0.1, 0.15) is 43.2 Å².